The van der Waals surface area contributed by atoms with E-state index in [9.17, 15) is 13.6 Å². The van der Waals surface area contributed by atoms with E-state index in [-0.39, 0.29) is 17.7 Å². The molecule has 2 aromatic carbocycles. The molecular weight excluding hydrogens is 338 g/mol. The van der Waals surface area contributed by atoms with Crippen LogP contribution in [0.5, 0.6) is 5.75 Å². The van der Waals surface area contributed by atoms with E-state index in [1.54, 1.807) is 12.1 Å². The SMILES string of the molecule is O=C(NC1CC[NH+](Cc2ccccc2)CC1)c1cccc(OC(F)F)c1. The fraction of sp³-hybridized carbons (Fsp3) is 0.350. The number of carbonyl (C=O) groups excluding carboxylic acids is 1. The van der Waals surface area contributed by atoms with Crippen molar-refractivity contribution in [1.82, 2.24) is 5.32 Å². The number of likely N-dealkylation sites (tertiary alicyclic amines) is 1. The van der Waals surface area contributed by atoms with Crippen molar-refractivity contribution in [2.24, 2.45) is 0 Å². The third-order valence-electron chi connectivity index (χ3n) is 4.65. The van der Waals surface area contributed by atoms with Crippen molar-refractivity contribution < 1.29 is 23.2 Å². The third kappa shape index (κ3) is 5.26. The minimum atomic E-state index is -2.90. The lowest BCUT2D eigenvalue weighted by Gasteiger charge is -2.29. The van der Waals surface area contributed by atoms with Crippen molar-refractivity contribution in [2.45, 2.75) is 32.0 Å². The summed E-state index contributed by atoms with van der Waals surface area (Å²) in [6.45, 7) is 0.0855. The second kappa shape index (κ2) is 8.76. The Kier molecular flexibility index (Phi) is 6.17. The molecule has 26 heavy (non-hydrogen) atoms. The smallest absolute Gasteiger partial charge is 0.387 e. The van der Waals surface area contributed by atoms with E-state index >= 15 is 0 Å². The Balaban J connectivity index is 1.49. The maximum atomic E-state index is 12.4. The molecule has 6 heteroatoms. The number of ether oxygens (including phenoxy) is 1. The summed E-state index contributed by atoms with van der Waals surface area (Å²) in [4.78, 5) is 13.9. The Labute approximate surface area is 151 Å². The molecule has 2 N–H and O–H groups in total. The molecule has 0 aliphatic carbocycles. The molecule has 4 nitrogen and oxygen atoms in total. The number of nitrogens with one attached hydrogen (secondary N) is 2. The second-order valence-electron chi connectivity index (χ2n) is 6.57. The molecule has 0 bridgehead atoms. The van der Waals surface area contributed by atoms with Gasteiger partial charge in [-0.05, 0) is 18.2 Å². The lowest BCUT2D eigenvalue weighted by Crippen LogP contribution is -3.12. The zero-order valence-electron chi connectivity index (χ0n) is 14.5. The van der Waals surface area contributed by atoms with Crippen LogP contribution in [-0.4, -0.2) is 31.7 Å². The molecule has 1 aliphatic heterocycles. The van der Waals surface area contributed by atoms with Crippen LogP contribution in [0.15, 0.2) is 54.6 Å². The van der Waals surface area contributed by atoms with Crippen molar-refractivity contribution >= 4 is 5.91 Å². The van der Waals surface area contributed by atoms with Crippen LogP contribution in [0.2, 0.25) is 0 Å². The van der Waals surface area contributed by atoms with Crippen molar-refractivity contribution in [3.8, 4) is 5.75 Å². The monoisotopic (exact) mass is 361 g/mol. The molecule has 2 aromatic rings. The first-order valence-electron chi connectivity index (χ1n) is 8.83. The lowest BCUT2D eigenvalue weighted by atomic mass is 10.0. The Morgan fingerprint density at radius 3 is 2.54 bits per heavy atom. The molecule has 0 unspecified atom stereocenters. The van der Waals surface area contributed by atoms with Crippen molar-refractivity contribution in [3.05, 3.63) is 65.7 Å². The standard InChI is InChI=1S/C20H22F2N2O2/c21-20(22)26-18-8-4-7-16(13-18)19(25)23-17-9-11-24(12-10-17)14-15-5-2-1-3-6-15/h1-8,13,17,20H,9-12,14H2,(H,23,25)/p+1. The first-order valence-corrected chi connectivity index (χ1v) is 8.83. The van der Waals surface area contributed by atoms with Gasteiger partial charge in [-0.2, -0.15) is 8.78 Å². The first kappa shape index (κ1) is 18.3. The van der Waals surface area contributed by atoms with Gasteiger partial charge in [0.2, 0.25) is 0 Å². The van der Waals surface area contributed by atoms with Gasteiger partial charge < -0.3 is 15.0 Å². The van der Waals surface area contributed by atoms with E-state index in [2.05, 4.69) is 22.2 Å². The molecule has 1 amide bonds. The maximum Gasteiger partial charge on any atom is 0.387 e. The van der Waals surface area contributed by atoms with Crippen LogP contribution in [0.25, 0.3) is 0 Å². The van der Waals surface area contributed by atoms with Crippen LogP contribution in [-0.2, 0) is 6.54 Å². The van der Waals surface area contributed by atoms with Crippen molar-refractivity contribution in [3.63, 3.8) is 0 Å². The van der Waals surface area contributed by atoms with Gasteiger partial charge in [0, 0.05) is 30.0 Å². The predicted molar refractivity (Wildman–Crippen MR) is 94.4 cm³/mol. The van der Waals surface area contributed by atoms with E-state index < -0.39 is 6.61 Å². The number of hydrogen-bond acceptors (Lipinski definition) is 2. The summed E-state index contributed by atoms with van der Waals surface area (Å²) in [5.41, 5.74) is 1.66. The van der Waals surface area contributed by atoms with E-state index in [0.717, 1.165) is 32.5 Å². The number of carbonyl (C=O) groups is 1. The number of piperidine rings is 1. The number of rotatable bonds is 6. The largest absolute Gasteiger partial charge is 0.435 e. The molecule has 138 valence electrons. The topological polar surface area (TPSA) is 42.8 Å². The van der Waals surface area contributed by atoms with Crippen LogP contribution in [0.1, 0.15) is 28.8 Å². The summed E-state index contributed by atoms with van der Waals surface area (Å²) < 4.78 is 28.9. The van der Waals surface area contributed by atoms with Crippen LogP contribution < -0.4 is 15.0 Å². The zero-order chi connectivity index (χ0) is 18.4. The summed E-state index contributed by atoms with van der Waals surface area (Å²) in [6, 6.07) is 16.4. The van der Waals surface area contributed by atoms with E-state index in [0.29, 0.717) is 5.56 Å². The normalized spacial score (nSPS) is 20.0. The van der Waals surface area contributed by atoms with Crippen LogP contribution in [0.4, 0.5) is 8.78 Å². The molecule has 0 atom stereocenters. The number of benzene rings is 2. The minimum absolute atomic E-state index is 0.00484. The van der Waals surface area contributed by atoms with Gasteiger partial charge in [-0.15, -0.1) is 0 Å². The van der Waals surface area contributed by atoms with Crippen LogP contribution >= 0.6 is 0 Å². The summed E-state index contributed by atoms with van der Waals surface area (Å²) in [7, 11) is 0. The Hall–Kier alpha value is -2.47. The summed E-state index contributed by atoms with van der Waals surface area (Å²) in [6.07, 6.45) is 1.81. The molecule has 1 saturated heterocycles. The molecule has 0 spiro atoms. The van der Waals surface area contributed by atoms with Crippen LogP contribution in [0, 0.1) is 0 Å². The molecule has 3 rings (SSSR count). The zero-order valence-corrected chi connectivity index (χ0v) is 14.5. The summed E-state index contributed by atoms with van der Waals surface area (Å²) >= 11 is 0. The van der Waals surface area contributed by atoms with Gasteiger partial charge in [0.25, 0.3) is 5.91 Å². The molecule has 0 radical (unpaired) electrons. The van der Waals surface area contributed by atoms with Gasteiger partial charge in [0.05, 0.1) is 13.1 Å². The number of amides is 1. The fourth-order valence-electron chi connectivity index (χ4n) is 3.31. The average Bonchev–Trinajstić information content (AvgIpc) is 2.64. The van der Waals surface area contributed by atoms with Crippen molar-refractivity contribution in [1.29, 1.82) is 0 Å². The van der Waals surface area contributed by atoms with E-state index in [1.165, 1.54) is 22.6 Å². The molecule has 1 heterocycles. The van der Waals surface area contributed by atoms with Gasteiger partial charge >= 0.3 is 6.61 Å². The van der Waals surface area contributed by atoms with Gasteiger partial charge in [-0.25, -0.2) is 0 Å². The summed E-state index contributed by atoms with van der Waals surface area (Å²) in [5, 5.41) is 3.00. The number of alkyl halides is 2. The second-order valence-corrected chi connectivity index (χ2v) is 6.57. The molecule has 1 fully saturated rings. The molecule has 0 aromatic heterocycles. The minimum Gasteiger partial charge on any atom is -0.435 e. The van der Waals surface area contributed by atoms with Crippen LogP contribution in [0.3, 0.4) is 0 Å². The first-order chi connectivity index (χ1) is 12.6. The highest BCUT2D eigenvalue weighted by Gasteiger charge is 2.24. The van der Waals surface area contributed by atoms with E-state index in [1.807, 2.05) is 18.2 Å². The number of hydrogen-bond donors (Lipinski definition) is 2. The highest BCUT2D eigenvalue weighted by atomic mass is 19.3. The summed E-state index contributed by atoms with van der Waals surface area (Å²) in [5.74, 6) is -0.254. The van der Waals surface area contributed by atoms with Crippen molar-refractivity contribution in [2.75, 3.05) is 13.1 Å². The maximum absolute atomic E-state index is 12.4. The molecular formula is C20H23F2N2O2+. The fourth-order valence-corrected chi connectivity index (χ4v) is 3.31. The van der Waals surface area contributed by atoms with E-state index in [4.69, 9.17) is 0 Å². The molecule has 0 saturated carbocycles. The average molecular weight is 361 g/mol. The predicted octanol–water partition coefficient (Wildman–Crippen LogP) is 2.27. The number of quaternary nitrogens is 1. The number of halogens is 2. The highest BCUT2D eigenvalue weighted by molar-refractivity contribution is 5.94. The molecule has 1 aliphatic rings. The van der Waals surface area contributed by atoms with Gasteiger partial charge in [-0.1, -0.05) is 36.4 Å². The quantitative estimate of drug-likeness (QED) is 0.829. The Morgan fingerprint density at radius 1 is 1.12 bits per heavy atom. The third-order valence-corrected chi connectivity index (χ3v) is 4.65. The van der Waals surface area contributed by atoms with Gasteiger partial charge in [0.1, 0.15) is 12.3 Å². The lowest BCUT2D eigenvalue weighted by molar-refractivity contribution is -0.918. The Bertz CT molecular complexity index is 717. The highest BCUT2D eigenvalue weighted by Crippen LogP contribution is 2.16. The van der Waals surface area contributed by atoms with Gasteiger partial charge in [0.15, 0.2) is 0 Å². The van der Waals surface area contributed by atoms with Gasteiger partial charge in [-0.3, -0.25) is 4.79 Å². The Morgan fingerprint density at radius 2 is 1.85 bits per heavy atom.